The Hall–Kier alpha value is -2.58. The summed E-state index contributed by atoms with van der Waals surface area (Å²) in [5.74, 6) is 1.12. The minimum atomic E-state index is -3.69. The average Bonchev–Trinajstić information content (AvgIpc) is 2.67. The van der Waals surface area contributed by atoms with Crippen LogP contribution in [0.5, 0.6) is 5.88 Å². The van der Waals surface area contributed by atoms with E-state index in [0.29, 0.717) is 23.8 Å². The Morgan fingerprint density at radius 3 is 2.66 bits per heavy atom. The lowest BCUT2D eigenvalue weighted by atomic mass is 10.1. The van der Waals surface area contributed by atoms with E-state index in [9.17, 15) is 8.42 Å². The van der Waals surface area contributed by atoms with Gasteiger partial charge in [-0.2, -0.15) is 9.29 Å². The van der Waals surface area contributed by atoms with Gasteiger partial charge in [0.2, 0.25) is 15.9 Å². The highest BCUT2D eigenvalue weighted by Gasteiger charge is 2.32. The summed E-state index contributed by atoms with van der Waals surface area (Å²) in [5.41, 5.74) is 2.12. The number of hydrogen-bond donors (Lipinski definition) is 0. The van der Waals surface area contributed by atoms with Crippen LogP contribution >= 0.6 is 0 Å². The summed E-state index contributed by atoms with van der Waals surface area (Å²) in [6.07, 6.45) is 1.25. The molecule has 2 aromatic heterocycles. The maximum Gasteiger partial charge on any atom is 0.245 e. The molecule has 1 fully saturated rings. The van der Waals surface area contributed by atoms with Crippen molar-refractivity contribution in [3.05, 3.63) is 53.6 Å². The summed E-state index contributed by atoms with van der Waals surface area (Å²) in [4.78, 5) is 13.3. The van der Waals surface area contributed by atoms with E-state index in [1.165, 1.54) is 4.31 Å². The molecule has 1 saturated heterocycles. The number of aryl methyl sites for hydroxylation is 3. The zero-order chi connectivity index (χ0) is 20.6. The Bertz CT molecular complexity index is 1140. The highest BCUT2D eigenvalue weighted by molar-refractivity contribution is 7.89. The van der Waals surface area contributed by atoms with Gasteiger partial charge in [-0.15, -0.1) is 0 Å². The van der Waals surface area contributed by atoms with Gasteiger partial charge in [-0.25, -0.2) is 13.4 Å². The maximum absolute atomic E-state index is 13.4. The van der Waals surface area contributed by atoms with E-state index in [0.717, 1.165) is 29.6 Å². The number of hydrogen-bond acceptors (Lipinski definition) is 6. The molecule has 0 spiro atoms. The molecule has 1 atom stereocenters. The SMILES string of the molecule is Cc1cc(OC2CCCN(S(=O)(=O)c3cccc4ccc(C)nc34)C2)nc(C)n1. The van der Waals surface area contributed by atoms with E-state index < -0.39 is 10.0 Å². The van der Waals surface area contributed by atoms with Crippen LogP contribution in [0, 0.1) is 20.8 Å². The van der Waals surface area contributed by atoms with Gasteiger partial charge in [0.1, 0.15) is 16.8 Å². The molecule has 152 valence electrons. The van der Waals surface area contributed by atoms with Crippen molar-refractivity contribution in [2.75, 3.05) is 13.1 Å². The zero-order valence-corrected chi connectivity index (χ0v) is 17.6. The standard InChI is InChI=1S/C21H24N4O3S/c1-14-9-10-17-6-4-8-19(21(17)23-14)29(26,27)25-11-5-7-18(13-25)28-20-12-15(2)22-16(3)24-20/h4,6,8-10,12,18H,5,7,11,13H2,1-3H3. The quantitative estimate of drug-likeness (QED) is 0.654. The summed E-state index contributed by atoms with van der Waals surface area (Å²) < 4.78 is 34.4. The van der Waals surface area contributed by atoms with Crippen LogP contribution in [0.3, 0.4) is 0 Å². The minimum Gasteiger partial charge on any atom is -0.473 e. The summed E-state index contributed by atoms with van der Waals surface area (Å²) in [6, 6.07) is 10.8. The molecule has 0 saturated carbocycles. The number of pyridine rings is 1. The number of fused-ring (bicyclic) bond motifs is 1. The molecule has 0 aliphatic carbocycles. The normalized spacial score (nSPS) is 18.1. The van der Waals surface area contributed by atoms with Crippen molar-refractivity contribution >= 4 is 20.9 Å². The zero-order valence-electron chi connectivity index (χ0n) is 16.8. The Morgan fingerprint density at radius 2 is 1.86 bits per heavy atom. The molecule has 1 unspecified atom stereocenters. The Balaban J connectivity index is 1.61. The van der Waals surface area contributed by atoms with Crippen molar-refractivity contribution < 1.29 is 13.2 Å². The Morgan fingerprint density at radius 1 is 1.03 bits per heavy atom. The number of benzene rings is 1. The van der Waals surface area contributed by atoms with Crippen LogP contribution in [0.15, 0.2) is 41.3 Å². The first-order chi connectivity index (χ1) is 13.8. The number of nitrogens with zero attached hydrogens (tertiary/aromatic N) is 4. The fourth-order valence-corrected chi connectivity index (χ4v) is 5.37. The lowest BCUT2D eigenvalue weighted by Crippen LogP contribution is -2.44. The largest absolute Gasteiger partial charge is 0.473 e. The van der Waals surface area contributed by atoms with Crippen LogP contribution in [0.4, 0.5) is 0 Å². The lowest BCUT2D eigenvalue weighted by Gasteiger charge is -2.32. The number of rotatable bonds is 4. The molecule has 3 aromatic rings. The van der Waals surface area contributed by atoms with E-state index in [1.54, 1.807) is 18.2 Å². The highest BCUT2D eigenvalue weighted by Crippen LogP contribution is 2.28. The van der Waals surface area contributed by atoms with Crippen molar-refractivity contribution in [3.8, 4) is 5.88 Å². The molecule has 1 aliphatic rings. The summed E-state index contributed by atoms with van der Waals surface area (Å²) >= 11 is 0. The van der Waals surface area contributed by atoms with Crippen LogP contribution in [-0.2, 0) is 10.0 Å². The van der Waals surface area contributed by atoms with Gasteiger partial charge >= 0.3 is 0 Å². The number of ether oxygens (including phenoxy) is 1. The van der Waals surface area contributed by atoms with Crippen molar-refractivity contribution in [2.24, 2.45) is 0 Å². The van der Waals surface area contributed by atoms with E-state index in [2.05, 4.69) is 15.0 Å². The smallest absolute Gasteiger partial charge is 0.245 e. The molecule has 3 heterocycles. The van der Waals surface area contributed by atoms with Crippen molar-refractivity contribution in [1.29, 1.82) is 0 Å². The minimum absolute atomic E-state index is 0.244. The molecule has 29 heavy (non-hydrogen) atoms. The monoisotopic (exact) mass is 412 g/mol. The molecule has 8 heteroatoms. The predicted octanol–water partition coefficient (Wildman–Crippen LogP) is 3.18. The van der Waals surface area contributed by atoms with Crippen LogP contribution in [0.1, 0.15) is 30.1 Å². The van der Waals surface area contributed by atoms with Gasteiger partial charge in [0.15, 0.2) is 0 Å². The summed E-state index contributed by atoms with van der Waals surface area (Å²) in [6.45, 7) is 6.31. The van der Waals surface area contributed by atoms with Gasteiger partial charge in [0.05, 0.1) is 12.1 Å². The first-order valence-corrected chi connectivity index (χ1v) is 11.1. The number of para-hydroxylation sites is 1. The molecule has 0 N–H and O–H groups in total. The second-order valence-corrected chi connectivity index (χ2v) is 9.33. The van der Waals surface area contributed by atoms with E-state index in [4.69, 9.17) is 4.74 Å². The van der Waals surface area contributed by atoms with Crippen LogP contribution in [0.25, 0.3) is 10.9 Å². The number of aromatic nitrogens is 3. The van der Waals surface area contributed by atoms with Gasteiger partial charge in [0, 0.05) is 29.4 Å². The van der Waals surface area contributed by atoms with Crippen molar-refractivity contribution in [1.82, 2.24) is 19.3 Å². The molecular weight excluding hydrogens is 388 g/mol. The predicted molar refractivity (Wildman–Crippen MR) is 110 cm³/mol. The van der Waals surface area contributed by atoms with Crippen LogP contribution in [-0.4, -0.2) is 46.9 Å². The van der Waals surface area contributed by atoms with E-state index in [1.807, 2.05) is 39.0 Å². The summed E-state index contributed by atoms with van der Waals surface area (Å²) in [5, 5.41) is 0.813. The van der Waals surface area contributed by atoms with Gasteiger partial charge in [-0.05, 0) is 45.7 Å². The van der Waals surface area contributed by atoms with Crippen molar-refractivity contribution in [3.63, 3.8) is 0 Å². The fourth-order valence-electron chi connectivity index (χ4n) is 3.70. The Labute approximate surface area is 170 Å². The van der Waals surface area contributed by atoms with Gasteiger partial charge in [-0.3, -0.25) is 4.98 Å². The molecule has 7 nitrogen and oxygen atoms in total. The number of piperidine rings is 1. The van der Waals surface area contributed by atoms with Gasteiger partial charge in [-0.1, -0.05) is 18.2 Å². The molecule has 4 rings (SSSR count). The molecule has 0 amide bonds. The lowest BCUT2D eigenvalue weighted by molar-refractivity contribution is 0.124. The van der Waals surface area contributed by atoms with Crippen LogP contribution < -0.4 is 4.74 Å². The topological polar surface area (TPSA) is 85.3 Å². The first kappa shape index (κ1) is 19.7. The second-order valence-electron chi connectivity index (χ2n) is 7.42. The third kappa shape index (κ3) is 4.09. The van der Waals surface area contributed by atoms with Gasteiger partial charge < -0.3 is 4.74 Å². The van der Waals surface area contributed by atoms with E-state index >= 15 is 0 Å². The van der Waals surface area contributed by atoms with E-state index in [-0.39, 0.29) is 17.5 Å². The molecule has 1 aromatic carbocycles. The Kier molecular flexibility index (Phi) is 5.23. The first-order valence-electron chi connectivity index (χ1n) is 9.68. The second kappa shape index (κ2) is 7.68. The highest BCUT2D eigenvalue weighted by atomic mass is 32.2. The third-order valence-corrected chi connectivity index (χ3v) is 6.91. The molecular formula is C21H24N4O3S. The van der Waals surface area contributed by atoms with Crippen LogP contribution in [0.2, 0.25) is 0 Å². The van der Waals surface area contributed by atoms with Crippen molar-refractivity contribution in [2.45, 2.75) is 44.6 Å². The molecule has 0 bridgehead atoms. The molecule has 1 aliphatic heterocycles. The maximum atomic E-state index is 13.4. The molecule has 0 radical (unpaired) electrons. The summed E-state index contributed by atoms with van der Waals surface area (Å²) in [7, 11) is -3.69. The number of sulfonamides is 1. The third-order valence-electron chi connectivity index (χ3n) is 5.01. The fraction of sp³-hybridized carbons (Fsp3) is 0.381. The average molecular weight is 413 g/mol. The van der Waals surface area contributed by atoms with Gasteiger partial charge in [0.25, 0.3) is 0 Å².